The number of fused-ring (bicyclic) bond motifs is 1. The lowest BCUT2D eigenvalue weighted by Crippen LogP contribution is -2.34. The summed E-state index contributed by atoms with van der Waals surface area (Å²) in [5.74, 6) is 3.78. The molecular weight excluding hydrogens is 372 g/mol. The zero-order chi connectivity index (χ0) is 19.7. The number of hydrogen-bond donors (Lipinski definition) is 1. The Morgan fingerprint density at radius 1 is 1.07 bits per heavy atom. The Balaban J connectivity index is 1.86. The highest BCUT2D eigenvalue weighted by molar-refractivity contribution is 7.90. The van der Waals surface area contributed by atoms with Gasteiger partial charge in [-0.1, -0.05) is 55.4 Å². The van der Waals surface area contributed by atoms with Crippen molar-refractivity contribution < 1.29 is 8.42 Å². The second kappa shape index (κ2) is 7.33. The summed E-state index contributed by atoms with van der Waals surface area (Å²) in [6, 6.07) is 12.8. The molecule has 0 unspecified atom stereocenters. The lowest BCUT2D eigenvalue weighted by molar-refractivity contribution is 0.592. The van der Waals surface area contributed by atoms with Crippen molar-refractivity contribution in [2.24, 2.45) is 4.99 Å². The van der Waals surface area contributed by atoms with Crippen molar-refractivity contribution in [2.45, 2.75) is 44.4 Å². The van der Waals surface area contributed by atoms with E-state index in [4.69, 9.17) is 0 Å². The van der Waals surface area contributed by atoms with Crippen LogP contribution < -0.4 is 4.72 Å². The summed E-state index contributed by atoms with van der Waals surface area (Å²) < 4.78 is 28.0. The highest BCUT2D eigenvalue weighted by Crippen LogP contribution is 2.21. The summed E-state index contributed by atoms with van der Waals surface area (Å²) in [5.41, 5.74) is 7.56. The lowest BCUT2D eigenvalue weighted by Gasteiger charge is -2.19. The Morgan fingerprint density at radius 3 is 2.44 bits per heavy atom. The van der Waals surface area contributed by atoms with Gasteiger partial charge in [0.15, 0.2) is 0 Å². The third kappa shape index (κ3) is 4.88. The Hall–Kier alpha value is -2.36. The molecule has 1 aliphatic rings. The molecule has 0 aromatic heterocycles. The highest BCUT2D eigenvalue weighted by atomic mass is 32.2. The second-order valence-corrected chi connectivity index (χ2v) is 14.2. The number of aliphatic imine (C=N–C) groups is 1. The first kappa shape index (κ1) is 19.4. The van der Waals surface area contributed by atoms with E-state index in [-0.39, 0.29) is 4.90 Å². The van der Waals surface area contributed by atoms with Gasteiger partial charge in [0, 0.05) is 12.0 Å². The van der Waals surface area contributed by atoms with E-state index in [0.717, 1.165) is 22.3 Å². The van der Waals surface area contributed by atoms with Crippen LogP contribution in [0.1, 0.15) is 22.3 Å². The monoisotopic (exact) mass is 396 g/mol. The lowest BCUT2D eigenvalue weighted by atomic mass is 9.96. The predicted molar refractivity (Wildman–Crippen MR) is 113 cm³/mol. The quantitative estimate of drug-likeness (QED) is 0.622. The summed E-state index contributed by atoms with van der Waals surface area (Å²) in [7, 11) is -5.13. The minimum Gasteiger partial charge on any atom is -0.267 e. The molecule has 3 rings (SSSR count). The van der Waals surface area contributed by atoms with Gasteiger partial charge in [0.2, 0.25) is 0 Å². The van der Waals surface area contributed by atoms with Crippen LogP contribution >= 0.6 is 0 Å². The van der Waals surface area contributed by atoms with E-state index in [2.05, 4.69) is 40.8 Å². The molecule has 0 atom stereocenters. The van der Waals surface area contributed by atoms with Crippen molar-refractivity contribution in [3.63, 3.8) is 0 Å². The standard InChI is InChI=1S/C21H24N2O2SSi/c1-16-8-10-19(11-9-16)26(24,25)23-21-14-20-17(12-13-27(2,3)4)6-5-7-18(20)15-22-21/h5-11H,14-15H2,1-4H3,(H,22,23). The number of hydrogen-bond acceptors (Lipinski definition) is 3. The fourth-order valence-corrected chi connectivity index (χ4v) is 4.34. The summed E-state index contributed by atoms with van der Waals surface area (Å²) in [6.45, 7) is 9.01. The Kier molecular flexibility index (Phi) is 5.27. The summed E-state index contributed by atoms with van der Waals surface area (Å²) >= 11 is 0. The maximum Gasteiger partial charge on any atom is 0.262 e. The van der Waals surface area contributed by atoms with E-state index in [9.17, 15) is 8.42 Å². The zero-order valence-electron chi connectivity index (χ0n) is 16.1. The number of nitrogens with one attached hydrogen (secondary N) is 1. The molecule has 2 aromatic rings. The largest absolute Gasteiger partial charge is 0.267 e. The number of rotatable bonds is 2. The highest BCUT2D eigenvalue weighted by Gasteiger charge is 2.21. The first-order chi connectivity index (χ1) is 12.6. The van der Waals surface area contributed by atoms with Gasteiger partial charge in [-0.25, -0.2) is 8.42 Å². The van der Waals surface area contributed by atoms with Crippen LogP contribution in [-0.4, -0.2) is 22.3 Å². The van der Waals surface area contributed by atoms with Crippen molar-refractivity contribution in [1.82, 2.24) is 4.72 Å². The van der Waals surface area contributed by atoms with Gasteiger partial charge in [0.25, 0.3) is 10.0 Å². The van der Waals surface area contributed by atoms with E-state index in [1.165, 1.54) is 0 Å². The van der Waals surface area contributed by atoms with Gasteiger partial charge < -0.3 is 0 Å². The molecule has 0 spiro atoms. The molecule has 0 amide bonds. The average Bonchev–Trinajstić information content (AvgIpc) is 2.59. The normalized spacial score (nSPS) is 13.9. The molecule has 0 aliphatic carbocycles. The molecule has 0 bridgehead atoms. The Morgan fingerprint density at radius 2 is 1.78 bits per heavy atom. The zero-order valence-corrected chi connectivity index (χ0v) is 17.9. The van der Waals surface area contributed by atoms with Gasteiger partial charge in [-0.05, 0) is 36.2 Å². The van der Waals surface area contributed by atoms with E-state index in [1.807, 2.05) is 25.1 Å². The summed E-state index contributed by atoms with van der Waals surface area (Å²) in [6.07, 6.45) is 0.441. The van der Waals surface area contributed by atoms with E-state index < -0.39 is 18.1 Å². The number of benzene rings is 2. The predicted octanol–water partition coefficient (Wildman–Crippen LogP) is 3.66. The molecule has 4 nitrogen and oxygen atoms in total. The van der Waals surface area contributed by atoms with Gasteiger partial charge >= 0.3 is 0 Å². The van der Waals surface area contributed by atoms with Crippen molar-refractivity contribution in [3.05, 3.63) is 64.7 Å². The summed E-state index contributed by atoms with van der Waals surface area (Å²) in [4.78, 5) is 4.68. The SMILES string of the molecule is Cc1ccc(S(=O)(=O)NC2=NCc3cccc(C#C[Si](C)(C)C)c3C2)cc1. The van der Waals surface area contributed by atoms with Crippen molar-refractivity contribution >= 4 is 23.9 Å². The minimum atomic E-state index is -3.64. The fourth-order valence-electron chi connectivity index (χ4n) is 2.77. The van der Waals surface area contributed by atoms with Crippen molar-refractivity contribution in [1.29, 1.82) is 0 Å². The van der Waals surface area contributed by atoms with E-state index >= 15 is 0 Å². The van der Waals surface area contributed by atoms with Gasteiger partial charge in [-0.15, -0.1) is 5.54 Å². The van der Waals surface area contributed by atoms with Crippen LogP contribution in [0.25, 0.3) is 0 Å². The van der Waals surface area contributed by atoms with Crippen LogP contribution in [0.3, 0.4) is 0 Å². The molecular formula is C21H24N2O2SSi. The van der Waals surface area contributed by atoms with Gasteiger partial charge in [0.05, 0.1) is 11.4 Å². The van der Waals surface area contributed by atoms with Crippen LogP contribution in [0, 0.1) is 18.4 Å². The second-order valence-electron chi connectivity index (χ2n) is 7.80. The van der Waals surface area contributed by atoms with Crippen LogP contribution in [0.4, 0.5) is 0 Å². The molecule has 0 saturated heterocycles. The Bertz CT molecular complexity index is 1050. The molecule has 1 heterocycles. The number of amidine groups is 1. The maximum atomic E-state index is 12.7. The van der Waals surface area contributed by atoms with Crippen molar-refractivity contribution in [3.8, 4) is 11.5 Å². The molecule has 1 N–H and O–H groups in total. The smallest absolute Gasteiger partial charge is 0.262 e. The summed E-state index contributed by atoms with van der Waals surface area (Å²) in [5, 5.41) is 0. The number of nitrogens with zero attached hydrogens (tertiary/aromatic N) is 1. The van der Waals surface area contributed by atoms with Crippen LogP contribution in [0.5, 0.6) is 0 Å². The molecule has 0 fully saturated rings. The van der Waals surface area contributed by atoms with Gasteiger partial charge in [-0.3, -0.25) is 9.71 Å². The van der Waals surface area contributed by atoms with Gasteiger partial charge in [-0.2, -0.15) is 0 Å². The van der Waals surface area contributed by atoms with Crippen molar-refractivity contribution in [2.75, 3.05) is 0 Å². The minimum absolute atomic E-state index is 0.244. The van der Waals surface area contributed by atoms with E-state index in [1.54, 1.807) is 24.3 Å². The third-order valence-electron chi connectivity index (χ3n) is 4.21. The number of sulfonamides is 1. The molecule has 6 heteroatoms. The molecule has 27 heavy (non-hydrogen) atoms. The average molecular weight is 397 g/mol. The topological polar surface area (TPSA) is 58.5 Å². The fraction of sp³-hybridized carbons (Fsp3) is 0.286. The van der Waals surface area contributed by atoms with Crippen LogP contribution in [0.15, 0.2) is 52.4 Å². The molecule has 1 aliphatic heterocycles. The van der Waals surface area contributed by atoms with Gasteiger partial charge in [0.1, 0.15) is 13.9 Å². The Labute approximate surface area is 162 Å². The van der Waals surface area contributed by atoms with E-state index in [0.29, 0.717) is 18.8 Å². The van der Waals surface area contributed by atoms with Crippen LogP contribution in [0.2, 0.25) is 19.6 Å². The van der Waals surface area contributed by atoms with Crippen LogP contribution in [-0.2, 0) is 23.0 Å². The first-order valence-electron chi connectivity index (χ1n) is 8.91. The maximum absolute atomic E-state index is 12.7. The molecule has 0 radical (unpaired) electrons. The molecule has 0 saturated carbocycles. The third-order valence-corrected chi connectivity index (χ3v) is 6.49. The number of aryl methyl sites for hydroxylation is 1. The molecule has 140 valence electrons. The molecule has 2 aromatic carbocycles. The first-order valence-corrected chi connectivity index (χ1v) is 13.9.